The third kappa shape index (κ3) is 3.25. The minimum atomic E-state index is -1.17. The Hall–Kier alpha value is -2.58. The van der Waals surface area contributed by atoms with Crippen LogP contribution in [-0.4, -0.2) is 16.1 Å². The molecular weight excluding hydrogens is 278 g/mol. The van der Waals surface area contributed by atoms with Crippen LogP contribution in [-0.2, 0) is 6.54 Å². The van der Waals surface area contributed by atoms with Crippen molar-refractivity contribution in [3.8, 4) is 6.07 Å². The quantitative estimate of drug-likeness (QED) is 0.903. The molecule has 0 amide bonds. The van der Waals surface area contributed by atoms with Gasteiger partial charge in [0.25, 0.3) is 0 Å². The summed E-state index contributed by atoms with van der Waals surface area (Å²) in [6.07, 6.45) is 0. The van der Waals surface area contributed by atoms with E-state index in [0.717, 1.165) is 5.56 Å². The first-order valence-electron chi connectivity index (χ1n) is 5.73. The summed E-state index contributed by atoms with van der Waals surface area (Å²) in [6, 6.07) is 12.2. The molecule has 0 aliphatic rings. The van der Waals surface area contributed by atoms with Crippen molar-refractivity contribution in [2.45, 2.75) is 6.54 Å². The van der Waals surface area contributed by atoms with Gasteiger partial charge in [0, 0.05) is 6.54 Å². The van der Waals surface area contributed by atoms with Gasteiger partial charge in [-0.3, -0.25) is 0 Å². The monoisotopic (exact) mass is 287 g/mol. The molecule has 0 atom stereocenters. The zero-order chi connectivity index (χ0) is 14.5. The fourth-order valence-corrected chi connectivity index (χ4v) is 1.77. The number of pyridine rings is 1. The highest BCUT2D eigenvalue weighted by atomic mass is 35.5. The molecule has 2 aromatic rings. The van der Waals surface area contributed by atoms with Gasteiger partial charge in [0.15, 0.2) is 5.69 Å². The minimum absolute atomic E-state index is 0.0985. The normalized spacial score (nSPS) is 9.80. The second kappa shape index (κ2) is 6.04. The third-order valence-corrected chi connectivity index (χ3v) is 2.91. The third-order valence-electron chi connectivity index (χ3n) is 2.61. The molecule has 1 heterocycles. The van der Waals surface area contributed by atoms with Crippen molar-refractivity contribution in [2.75, 3.05) is 5.32 Å². The number of rotatable bonds is 4. The first kappa shape index (κ1) is 13.8. The van der Waals surface area contributed by atoms with E-state index >= 15 is 0 Å². The van der Waals surface area contributed by atoms with E-state index in [1.54, 1.807) is 18.2 Å². The van der Waals surface area contributed by atoms with E-state index in [4.69, 9.17) is 22.0 Å². The van der Waals surface area contributed by atoms with Crippen LogP contribution in [0.4, 0.5) is 5.82 Å². The van der Waals surface area contributed by atoms with E-state index in [1.807, 2.05) is 18.2 Å². The van der Waals surface area contributed by atoms with Crippen LogP contribution in [0.25, 0.3) is 0 Å². The number of carboxylic acids is 1. The van der Waals surface area contributed by atoms with Gasteiger partial charge >= 0.3 is 5.97 Å². The first-order valence-corrected chi connectivity index (χ1v) is 6.10. The zero-order valence-electron chi connectivity index (χ0n) is 10.3. The zero-order valence-corrected chi connectivity index (χ0v) is 11.1. The summed E-state index contributed by atoms with van der Waals surface area (Å²) in [4.78, 5) is 14.8. The lowest BCUT2D eigenvalue weighted by atomic mass is 10.1. The second-order valence-electron chi connectivity index (χ2n) is 3.99. The maximum absolute atomic E-state index is 10.9. The number of anilines is 1. The van der Waals surface area contributed by atoms with E-state index in [-0.39, 0.29) is 10.7 Å². The molecule has 0 fully saturated rings. The lowest BCUT2D eigenvalue weighted by Crippen LogP contribution is -2.06. The van der Waals surface area contributed by atoms with Crippen LogP contribution in [0.1, 0.15) is 21.6 Å². The van der Waals surface area contributed by atoms with Crippen molar-refractivity contribution in [1.82, 2.24) is 4.98 Å². The van der Waals surface area contributed by atoms with Crippen molar-refractivity contribution >= 4 is 23.4 Å². The van der Waals surface area contributed by atoms with Crippen molar-refractivity contribution in [3.05, 3.63) is 58.2 Å². The lowest BCUT2D eigenvalue weighted by molar-refractivity contribution is 0.0691. The van der Waals surface area contributed by atoms with Crippen molar-refractivity contribution < 1.29 is 9.90 Å². The summed E-state index contributed by atoms with van der Waals surface area (Å²) in [5, 5.41) is 20.7. The van der Waals surface area contributed by atoms with E-state index in [2.05, 4.69) is 10.3 Å². The van der Waals surface area contributed by atoms with E-state index < -0.39 is 5.97 Å². The van der Waals surface area contributed by atoms with E-state index in [0.29, 0.717) is 17.9 Å². The largest absolute Gasteiger partial charge is 0.476 e. The molecule has 6 heteroatoms. The molecule has 2 N–H and O–H groups in total. The fraction of sp³-hybridized carbons (Fsp3) is 0.0714. The summed E-state index contributed by atoms with van der Waals surface area (Å²) in [6.45, 7) is 0.472. The van der Waals surface area contributed by atoms with Crippen molar-refractivity contribution in [2.24, 2.45) is 0 Å². The number of carboxylic acid groups (broad SMARTS) is 1. The molecule has 1 aromatic carbocycles. The molecule has 100 valence electrons. The number of aromatic nitrogens is 1. The molecule has 0 radical (unpaired) electrons. The first-order chi connectivity index (χ1) is 9.60. The number of carbonyl (C=O) groups is 1. The lowest BCUT2D eigenvalue weighted by Gasteiger charge is -2.07. The van der Waals surface area contributed by atoms with Gasteiger partial charge in [-0.2, -0.15) is 5.26 Å². The van der Waals surface area contributed by atoms with Gasteiger partial charge in [-0.1, -0.05) is 23.7 Å². The topological polar surface area (TPSA) is 86.0 Å². The van der Waals surface area contributed by atoms with Crippen LogP contribution in [0.5, 0.6) is 0 Å². The van der Waals surface area contributed by atoms with Crippen LogP contribution in [0.15, 0.2) is 36.4 Å². The molecule has 1 aromatic heterocycles. The molecular formula is C14H10ClN3O2. The van der Waals surface area contributed by atoms with Crippen LogP contribution < -0.4 is 5.32 Å². The molecule has 0 aliphatic carbocycles. The highest BCUT2D eigenvalue weighted by Crippen LogP contribution is 2.17. The number of nitrogens with one attached hydrogen (secondary N) is 1. The molecule has 0 aliphatic heterocycles. The molecule has 5 nitrogen and oxygen atoms in total. The highest BCUT2D eigenvalue weighted by Gasteiger charge is 2.11. The Morgan fingerprint density at radius 2 is 2.00 bits per heavy atom. The Kier molecular flexibility index (Phi) is 4.18. The standard InChI is InChI=1S/C14H10ClN3O2/c15-11-5-6-12(18-13(11)14(19)20)17-8-10-3-1-9(7-16)2-4-10/h1-6H,8H2,(H,17,18)(H,19,20). The number of halogens is 1. The average molecular weight is 288 g/mol. The molecule has 2 rings (SSSR count). The van der Waals surface area contributed by atoms with Crippen LogP contribution >= 0.6 is 11.6 Å². The number of aromatic carboxylic acids is 1. The van der Waals surface area contributed by atoms with Gasteiger partial charge < -0.3 is 10.4 Å². The van der Waals surface area contributed by atoms with Gasteiger partial charge in [-0.15, -0.1) is 0 Å². The Morgan fingerprint density at radius 3 is 2.60 bits per heavy atom. The maximum Gasteiger partial charge on any atom is 0.356 e. The van der Waals surface area contributed by atoms with Gasteiger partial charge in [0.1, 0.15) is 5.82 Å². The predicted octanol–water partition coefficient (Wildman–Crippen LogP) is 2.92. The Bertz CT molecular complexity index is 678. The van der Waals surface area contributed by atoms with Gasteiger partial charge in [0.05, 0.1) is 16.7 Å². The fourth-order valence-electron chi connectivity index (χ4n) is 1.58. The van der Waals surface area contributed by atoms with Crippen LogP contribution in [0.2, 0.25) is 5.02 Å². The van der Waals surface area contributed by atoms with Crippen LogP contribution in [0, 0.1) is 11.3 Å². The van der Waals surface area contributed by atoms with Crippen LogP contribution in [0.3, 0.4) is 0 Å². The molecule has 20 heavy (non-hydrogen) atoms. The molecule has 0 saturated heterocycles. The number of nitriles is 1. The minimum Gasteiger partial charge on any atom is -0.476 e. The number of hydrogen-bond donors (Lipinski definition) is 2. The summed E-state index contributed by atoms with van der Waals surface area (Å²) in [7, 11) is 0. The van der Waals surface area contributed by atoms with Gasteiger partial charge in [0.2, 0.25) is 0 Å². The molecule has 0 bridgehead atoms. The van der Waals surface area contributed by atoms with Gasteiger partial charge in [-0.05, 0) is 29.8 Å². The number of benzene rings is 1. The summed E-state index contributed by atoms with van der Waals surface area (Å²) in [5.74, 6) is -0.742. The molecule has 0 spiro atoms. The SMILES string of the molecule is N#Cc1ccc(CNc2ccc(Cl)c(C(=O)O)n2)cc1. The summed E-state index contributed by atoms with van der Waals surface area (Å²) >= 11 is 5.74. The Labute approximate surface area is 120 Å². The smallest absolute Gasteiger partial charge is 0.356 e. The summed E-state index contributed by atoms with van der Waals surface area (Å²) in [5.41, 5.74) is 1.36. The van der Waals surface area contributed by atoms with E-state index in [1.165, 1.54) is 6.07 Å². The number of hydrogen-bond acceptors (Lipinski definition) is 4. The summed E-state index contributed by atoms with van der Waals surface area (Å²) < 4.78 is 0. The number of nitrogens with zero attached hydrogens (tertiary/aromatic N) is 2. The average Bonchev–Trinajstić information content (AvgIpc) is 2.46. The Morgan fingerprint density at radius 1 is 1.30 bits per heavy atom. The second-order valence-corrected chi connectivity index (χ2v) is 4.40. The highest BCUT2D eigenvalue weighted by molar-refractivity contribution is 6.33. The predicted molar refractivity (Wildman–Crippen MR) is 74.7 cm³/mol. The maximum atomic E-state index is 10.9. The molecule has 0 unspecified atom stereocenters. The molecule has 0 saturated carbocycles. The van der Waals surface area contributed by atoms with E-state index in [9.17, 15) is 4.79 Å². The Balaban J connectivity index is 2.09. The van der Waals surface area contributed by atoms with Gasteiger partial charge in [-0.25, -0.2) is 9.78 Å². The van der Waals surface area contributed by atoms with Crippen molar-refractivity contribution in [3.63, 3.8) is 0 Å². The van der Waals surface area contributed by atoms with Crippen molar-refractivity contribution in [1.29, 1.82) is 5.26 Å².